The lowest BCUT2D eigenvalue weighted by Gasteiger charge is -2.08. The van der Waals surface area contributed by atoms with E-state index < -0.39 is 0 Å². The van der Waals surface area contributed by atoms with E-state index in [2.05, 4.69) is 34.8 Å². The molecule has 3 amide bonds. The second-order valence-corrected chi connectivity index (χ2v) is 7.95. The molecule has 0 aliphatic rings. The lowest BCUT2D eigenvalue weighted by atomic mass is 10.0. The van der Waals surface area contributed by atoms with Crippen LogP contribution in [0, 0.1) is 6.92 Å². The summed E-state index contributed by atoms with van der Waals surface area (Å²) in [5.41, 5.74) is 4.41. The van der Waals surface area contributed by atoms with Crippen molar-refractivity contribution in [3.63, 3.8) is 0 Å². The van der Waals surface area contributed by atoms with Gasteiger partial charge in [-0.1, -0.05) is 43.7 Å². The molecule has 6 nitrogen and oxygen atoms in total. The van der Waals surface area contributed by atoms with Gasteiger partial charge in [0.05, 0.1) is 12.1 Å². The average molecular weight is 409 g/mol. The molecular formula is C22H24N4O2S. The molecule has 0 fully saturated rings. The molecule has 3 aromatic rings. The third-order valence-electron chi connectivity index (χ3n) is 4.28. The minimum absolute atomic E-state index is 0.143. The van der Waals surface area contributed by atoms with Crippen LogP contribution in [0.2, 0.25) is 0 Å². The summed E-state index contributed by atoms with van der Waals surface area (Å²) in [4.78, 5) is 28.6. The van der Waals surface area contributed by atoms with Crippen molar-refractivity contribution in [2.45, 2.75) is 33.1 Å². The van der Waals surface area contributed by atoms with Gasteiger partial charge in [0, 0.05) is 16.8 Å². The van der Waals surface area contributed by atoms with E-state index in [1.54, 1.807) is 5.38 Å². The van der Waals surface area contributed by atoms with E-state index in [4.69, 9.17) is 0 Å². The number of hydrogen-bond donors (Lipinski definition) is 3. The van der Waals surface area contributed by atoms with Crippen molar-refractivity contribution in [1.29, 1.82) is 0 Å². The highest BCUT2D eigenvalue weighted by molar-refractivity contribution is 7.14. The summed E-state index contributed by atoms with van der Waals surface area (Å²) in [5, 5.41) is 10.5. The van der Waals surface area contributed by atoms with Crippen LogP contribution in [0.3, 0.4) is 0 Å². The van der Waals surface area contributed by atoms with Crippen LogP contribution in [0.1, 0.15) is 36.6 Å². The maximum atomic E-state index is 12.3. The van der Waals surface area contributed by atoms with Crippen LogP contribution < -0.4 is 16.0 Å². The van der Waals surface area contributed by atoms with E-state index in [1.807, 2.05) is 55.5 Å². The van der Waals surface area contributed by atoms with Gasteiger partial charge in [0.25, 0.3) is 0 Å². The molecule has 0 aliphatic carbocycles. The first-order chi connectivity index (χ1) is 13.9. The number of benzene rings is 2. The first kappa shape index (κ1) is 20.5. The molecule has 0 saturated carbocycles. The van der Waals surface area contributed by atoms with Crippen LogP contribution in [0.15, 0.2) is 53.9 Å². The van der Waals surface area contributed by atoms with Crippen LogP contribution >= 0.6 is 11.3 Å². The first-order valence-electron chi connectivity index (χ1n) is 9.38. The maximum absolute atomic E-state index is 12.3. The number of nitrogens with one attached hydrogen (secondary N) is 3. The lowest BCUT2D eigenvalue weighted by molar-refractivity contribution is -0.115. The van der Waals surface area contributed by atoms with E-state index in [-0.39, 0.29) is 18.4 Å². The number of aryl methyl sites for hydroxylation is 1. The summed E-state index contributed by atoms with van der Waals surface area (Å²) < 4.78 is 0. The second kappa shape index (κ2) is 9.34. The molecule has 3 rings (SSSR count). The summed E-state index contributed by atoms with van der Waals surface area (Å²) in [6.45, 7) is 6.24. The van der Waals surface area contributed by atoms with E-state index in [9.17, 15) is 9.59 Å². The number of urea groups is 1. The Labute approximate surface area is 174 Å². The summed E-state index contributed by atoms with van der Waals surface area (Å²) >= 11 is 1.28. The fourth-order valence-corrected chi connectivity index (χ4v) is 3.37. The predicted octanol–water partition coefficient (Wildman–Crippen LogP) is 5.40. The Morgan fingerprint density at radius 3 is 2.21 bits per heavy atom. The minimum atomic E-state index is -0.371. The third-order valence-corrected chi connectivity index (χ3v) is 5.09. The van der Waals surface area contributed by atoms with Gasteiger partial charge in [0.2, 0.25) is 5.91 Å². The SMILES string of the molecule is Cc1ccc(NC(=O)Nc2nc(CC(=O)Nc3ccc(C(C)C)cc3)cs2)cc1. The maximum Gasteiger partial charge on any atom is 0.325 e. The van der Waals surface area contributed by atoms with Gasteiger partial charge < -0.3 is 10.6 Å². The number of hydrogen-bond acceptors (Lipinski definition) is 4. The molecule has 0 radical (unpaired) electrons. The summed E-state index contributed by atoms with van der Waals surface area (Å²) in [7, 11) is 0. The van der Waals surface area contributed by atoms with Crippen molar-refractivity contribution in [1.82, 2.24) is 4.98 Å². The normalized spacial score (nSPS) is 10.6. The Morgan fingerprint density at radius 1 is 0.931 bits per heavy atom. The summed E-state index contributed by atoms with van der Waals surface area (Å²) in [6, 6.07) is 15.0. The molecule has 3 N–H and O–H groups in total. The summed E-state index contributed by atoms with van der Waals surface area (Å²) in [5.74, 6) is 0.298. The standard InChI is InChI=1S/C22H24N4O2S/c1-14(2)16-6-10-17(11-7-16)23-20(27)12-19-13-29-22(25-19)26-21(28)24-18-8-4-15(3)5-9-18/h4-11,13-14H,12H2,1-3H3,(H,23,27)(H2,24,25,26,28). The van der Waals surface area contributed by atoms with E-state index in [0.29, 0.717) is 22.4 Å². The Kier molecular flexibility index (Phi) is 6.61. The molecule has 1 heterocycles. The van der Waals surface area contributed by atoms with E-state index >= 15 is 0 Å². The quantitative estimate of drug-likeness (QED) is 0.511. The fourth-order valence-electron chi connectivity index (χ4n) is 2.66. The number of rotatable bonds is 6. The summed E-state index contributed by atoms with van der Waals surface area (Å²) in [6.07, 6.45) is 0.143. The Balaban J connectivity index is 1.50. The Hall–Kier alpha value is -3.19. The second-order valence-electron chi connectivity index (χ2n) is 7.09. The highest BCUT2D eigenvalue weighted by Gasteiger charge is 2.11. The number of amides is 3. The topological polar surface area (TPSA) is 83.1 Å². The van der Waals surface area contributed by atoms with E-state index in [1.165, 1.54) is 16.9 Å². The highest BCUT2D eigenvalue weighted by Crippen LogP contribution is 2.19. The molecular weight excluding hydrogens is 384 g/mol. The number of aromatic nitrogens is 1. The van der Waals surface area contributed by atoms with Crippen LogP contribution in [-0.4, -0.2) is 16.9 Å². The number of carbonyl (C=O) groups is 2. The van der Waals surface area contributed by atoms with Crippen molar-refractivity contribution in [3.05, 3.63) is 70.7 Å². The van der Waals surface area contributed by atoms with Gasteiger partial charge in [0.15, 0.2) is 5.13 Å². The molecule has 29 heavy (non-hydrogen) atoms. The van der Waals surface area contributed by atoms with Gasteiger partial charge in [-0.15, -0.1) is 11.3 Å². The predicted molar refractivity (Wildman–Crippen MR) is 119 cm³/mol. The smallest absolute Gasteiger partial charge is 0.325 e. The molecule has 0 saturated heterocycles. The van der Waals surface area contributed by atoms with Gasteiger partial charge in [-0.3, -0.25) is 10.1 Å². The zero-order chi connectivity index (χ0) is 20.8. The number of thiazole rings is 1. The largest absolute Gasteiger partial charge is 0.326 e. The van der Waals surface area contributed by atoms with Crippen LogP contribution in [0.25, 0.3) is 0 Å². The minimum Gasteiger partial charge on any atom is -0.326 e. The zero-order valence-corrected chi connectivity index (χ0v) is 17.5. The van der Waals surface area contributed by atoms with Crippen LogP contribution in [0.4, 0.5) is 21.3 Å². The van der Waals surface area contributed by atoms with Crippen LogP contribution in [0.5, 0.6) is 0 Å². The number of nitrogens with zero attached hydrogens (tertiary/aromatic N) is 1. The van der Waals surface area contributed by atoms with Gasteiger partial charge in [-0.2, -0.15) is 0 Å². The molecule has 1 aromatic heterocycles. The molecule has 7 heteroatoms. The molecule has 0 bridgehead atoms. The molecule has 150 valence electrons. The Bertz CT molecular complexity index is 979. The molecule has 2 aromatic carbocycles. The molecule has 0 atom stereocenters. The van der Waals surface area contributed by atoms with Gasteiger partial charge in [-0.25, -0.2) is 9.78 Å². The monoisotopic (exact) mass is 408 g/mol. The number of anilines is 3. The van der Waals surface area contributed by atoms with Crippen molar-refractivity contribution in [2.75, 3.05) is 16.0 Å². The van der Waals surface area contributed by atoms with Crippen molar-refractivity contribution < 1.29 is 9.59 Å². The fraction of sp³-hybridized carbons (Fsp3) is 0.227. The molecule has 0 unspecified atom stereocenters. The van der Waals surface area contributed by atoms with Crippen molar-refractivity contribution in [2.24, 2.45) is 0 Å². The Morgan fingerprint density at radius 2 is 1.55 bits per heavy atom. The average Bonchev–Trinajstić information content (AvgIpc) is 3.10. The van der Waals surface area contributed by atoms with Crippen molar-refractivity contribution >= 4 is 39.8 Å². The third kappa shape index (κ3) is 6.15. The van der Waals surface area contributed by atoms with Crippen molar-refractivity contribution in [3.8, 4) is 0 Å². The van der Waals surface area contributed by atoms with Crippen LogP contribution in [-0.2, 0) is 11.2 Å². The molecule has 0 aliphatic heterocycles. The number of carbonyl (C=O) groups excluding carboxylic acids is 2. The highest BCUT2D eigenvalue weighted by atomic mass is 32.1. The van der Waals surface area contributed by atoms with Gasteiger partial charge in [-0.05, 0) is 42.7 Å². The lowest BCUT2D eigenvalue weighted by Crippen LogP contribution is -2.19. The van der Waals surface area contributed by atoms with Gasteiger partial charge in [0.1, 0.15) is 0 Å². The zero-order valence-electron chi connectivity index (χ0n) is 16.7. The first-order valence-corrected chi connectivity index (χ1v) is 10.3. The van der Waals surface area contributed by atoms with E-state index in [0.717, 1.165) is 11.3 Å². The van der Waals surface area contributed by atoms with Gasteiger partial charge >= 0.3 is 6.03 Å². The molecule has 0 spiro atoms.